The number of ether oxygens (including phenoxy) is 7. The molecular formula is C75H101N7O20P2. The number of benzene rings is 3. The number of nitrogens with one attached hydrogen (secondary N) is 4. The SMILES string of the molecule is CCCCCCCCC/C(=C\c1ccc(NC(=O)C[C@@H](NC(=O)OCOC(=O)CC)C(=O)NCC(=O)O[C@@H]2[C@@H](C)[C@@H](O)[C@@H](C)[C@H](OC(C)=O)[C@H](C)[C@@H](OC)/C=C/O[C@@]3(C)Oc4c(C)c(O)c5c(O)c(c6c(c5c4C3=O)NC3(CCN(CC(C)C)CC3)N=6)=NC(=O)/C(C)=C\C=C\[C@@H]2C)cc1)C(P=O)P=O. The van der Waals surface area contributed by atoms with Crippen LogP contribution in [-0.4, -0.2) is 155 Å². The van der Waals surface area contributed by atoms with Crippen LogP contribution in [0.2, 0.25) is 0 Å². The molecule has 5 aliphatic heterocycles. The third-order valence-electron chi connectivity index (χ3n) is 19.4. The first kappa shape index (κ1) is 82.8. The fourth-order valence-electron chi connectivity index (χ4n) is 13.6. The maximum atomic E-state index is 15.1. The lowest BCUT2D eigenvalue weighted by atomic mass is 9.78. The van der Waals surface area contributed by atoms with Crippen LogP contribution >= 0.6 is 16.9 Å². The number of esters is 3. The van der Waals surface area contributed by atoms with E-state index in [1.165, 1.54) is 72.6 Å². The van der Waals surface area contributed by atoms with E-state index < -0.39 is 150 Å². The normalized spacial score (nSPS) is 24.5. The number of likely N-dealkylation sites (tertiary alicyclic amines) is 1. The van der Waals surface area contributed by atoms with Crippen molar-refractivity contribution in [3.63, 3.8) is 0 Å². The van der Waals surface area contributed by atoms with Gasteiger partial charge in [-0.1, -0.05) is 130 Å². The van der Waals surface area contributed by atoms with Gasteiger partial charge in [-0.25, -0.2) is 9.79 Å². The molecule has 1 fully saturated rings. The van der Waals surface area contributed by atoms with Crippen LogP contribution in [0.3, 0.4) is 0 Å². The number of anilines is 2. The molecule has 7 N–H and O–H groups in total. The largest absolute Gasteiger partial charge is 0.507 e. The number of amides is 4. The number of methoxy groups -OCH3 is 1. The summed E-state index contributed by atoms with van der Waals surface area (Å²) in [5.74, 6) is -12.2. The van der Waals surface area contributed by atoms with Crippen molar-refractivity contribution >= 4 is 92.6 Å². The van der Waals surface area contributed by atoms with Crippen LogP contribution in [0.4, 0.5) is 16.2 Å². The van der Waals surface area contributed by atoms with E-state index in [1.807, 2.05) is 6.08 Å². The van der Waals surface area contributed by atoms with E-state index >= 15 is 4.79 Å². The van der Waals surface area contributed by atoms with Gasteiger partial charge in [0.25, 0.3) is 11.7 Å². The van der Waals surface area contributed by atoms with Crippen molar-refractivity contribution in [3.05, 3.63) is 93.4 Å². The van der Waals surface area contributed by atoms with Gasteiger partial charge in [0, 0.05) is 106 Å². The highest BCUT2D eigenvalue weighted by atomic mass is 31.1. The van der Waals surface area contributed by atoms with Crippen molar-refractivity contribution in [2.24, 2.45) is 39.6 Å². The number of aliphatic hydroxyl groups excluding tert-OH is 1. The molecule has 0 aliphatic carbocycles. The maximum absolute atomic E-state index is 15.1. The summed E-state index contributed by atoms with van der Waals surface area (Å²) in [6.07, 6.45) is 11.2. The Morgan fingerprint density at radius 2 is 1.51 bits per heavy atom. The predicted octanol–water partition coefficient (Wildman–Crippen LogP) is 10.9. The zero-order valence-corrected chi connectivity index (χ0v) is 63.5. The Morgan fingerprint density at radius 3 is 2.14 bits per heavy atom. The number of Topliss-reactive ketones (excluding diaryl/α,β-unsaturated/α-hetero) is 1. The number of carbonyl (C=O) groups is 8. The standard InChI is InChI=1S/C75H101N7O20P2/c1-14-16-17-18-19-20-21-25-50(72(103-94)104-95)36-49-26-28-51(29-27-49)77-54(84)37-52(78-73(93)98-40-97-55(85)15-2)71(92)76-38-56(86)101-66-42(5)23-22-24-43(6)70(91)79-62-61-60(80-75(81-61)31-33-82(34-32-75)39-41(3)4)57-58(65(62)89)64(88)47(10)68-59(57)69(90)74(12,102-68)99-35-30-53(96-13)44(7)67(100-48(11)83)46(9)63(87)45(66)8/h22-24,26-30,35-36,41-42,44-46,52-53,63,66-67,72,80,87-89H,14-21,25,31-34,37-40H2,1-13H3,(H,76,92)(H,77,84)(H,78,93)/b23-22+,35-30+,43-24-,50-36+,79-62?/t42-,44+,45-,46+,52+,53-,63+,66-,67+,74-/m0/s1. The van der Waals surface area contributed by atoms with Gasteiger partial charge < -0.3 is 74.6 Å². The predicted molar refractivity (Wildman–Crippen MR) is 389 cm³/mol. The van der Waals surface area contributed by atoms with Crippen LogP contribution < -0.4 is 36.7 Å². The number of hydrogen-bond donors (Lipinski definition) is 7. The number of phenolic OH excluding ortho intramolecular Hbond substituents is 2. The number of phenols is 2. The molecule has 5 heterocycles. The highest BCUT2D eigenvalue weighted by molar-refractivity contribution is 7.45. The fraction of sp³-hybridized carbons (Fsp3) is 0.573. The van der Waals surface area contributed by atoms with Crippen molar-refractivity contribution in [2.45, 2.75) is 207 Å². The van der Waals surface area contributed by atoms with Crippen LogP contribution in [0.25, 0.3) is 16.8 Å². The van der Waals surface area contributed by atoms with Gasteiger partial charge in [-0.05, 0) is 62.0 Å². The number of ketones is 1. The number of fused-ring (bicyclic) bond motifs is 13. The number of allylic oxidation sites excluding steroid dienone is 3. The average Bonchev–Trinajstić information content (AvgIpc) is 1.52. The van der Waals surface area contributed by atoms with Gasteiger partial charge in [-0.2, -0.15) is 0 Å². The van der Waals surface area contributed by atoms with Crippen molar-refractivity contribution in [1.82, 2.24) is 15.5 Å². The molecule has 104 heavy (non-hydrogen) atoms. The lowest BCUT2D eigenvalue weighted by molar-refractivity contribution is -0.165. The van der Waals surface area contributed by atoms with Crippen LogP contribution in [-0.2, 0) is 66.3 Å². The summed E-state index contributed by atoms with van der Waals surface area (Å²) in [4.78, 5) is 122. The smallest absolute Gasteiger partial charge is 0.410 e. The van der Waals surface area contributed by atoms with Gasteiger partial charge in [0.1, 0.15) is 58.1 Å². The van der Waals surface area contributed by atoms with E-state index in [0.29, 0.717) is 43.8 Å². The minimum absolute atomic E-state index is 0.0221. The van der Waals surface area contributed by atoms with E-state index in [4.69, 9.17) is 38.2 Å². The van der Waals surface area contributed by atoms with Crippen LogP contribution in [0.15, 0.2) is 76.0 Å². The number of carbonyl (C=O) groups excluding carboxylic acids is 8. The molecule has 10 atom stereocenters. The summed E-state index contributed by atoms with van der Waals surface area (Å²) >= 11 is 0. The molecule has 27 nitrogen and oxygen atoms in total. The number of hydrogen-bond acceptors (Lipinski definition) is 23. The first-order valence-electron chi connectivity index (χ1n) is 35.6. The first-order chi connectivity index (χ1) is 49.4. The number of piperidine rings is 1. The topological polar surface area (TPSA) is 372 Å². The Hall–Kier alpha value is -8.48. The molecule has 0 saturated carbocycles. The molecule has 566 valence electrons. The number of unbranched alkanes of at least 4 members (excludes halogenated alkanes) is 6. The second-order valence-electron chi connectivity index (χ2n) is 27.8. The molecule has 3 aromatic rings. The van der Waals surface area contributed by atoms with Crippen molar-refractivity contribution in [2.75, 3.05) is 50.7 Å². The summed E-state index contributed by atoms with van der Waals surface area (Å²) < 4.78 is 64.5. The van der Waals surface area contributed by atoms with Crippen molar-refractivity contribution in [1.29, 1.82) is 0 Å². The van der Waals surface area contributed by atoms with Crippen molar-refractivity contribution in [3.8, 4) is 17.2 Å². The Morgan fingerprint density at radius 1 is 0.846 bits per heavy atom. The van der Waals surface area contributed by atoms with Gasteiger partial charge in [0.2, 0.25) is 18.6 Å². The van der Waals surface area contributed by atoms with Crippen LogP contribution in [0, 0.1) is 36.5 Å². The third-order valence-corrected chi connectivity index (χ3v) is 21.0. The van der Waals surface area contributed by atoms with E-state index in [-0.39, 0.29) is 78.7 Å². The van der Waals surface area contributed by atoms with Crippen LogP contribution in [0.1, 0.15) is 175 Å². The van der Waals surface area contributed by atoms with E-state index in [2.05, 4.69) is 51.9 Å². The molecule has 0 unspecified atom stereocenters. The second-order valence-corrected chi connectivity index (χ2v) is 29.7. The fourth-order valence-corrected chi connectivity index (χ4v) is 14.4. The van der Waals surface area contributed by atoms with Crippen molar-refractivity contribution < 1.29 is 96.0 Å². The third kappa shape index (κ3) is 20.9. The maximum Gasteiger partial charge on any atom is 0.410 e. The Kier molecular flexibility index (Phi) is 30.2. The van der Waals surface area contributed by atoms with Gasteiger partial charge in [-0.3, -0.25) is 47.7 Å². The van der Waals surface area contributed by atoms with Gasteiger partial charge in [0.15, 0.2) is 22.7 Å². The Labute approximate surface area is 609 Å². The monoisotopic (exact) mass is 1480 g/mol. The van der Waals surface area contributed by atoms with E-state index in [0.717, 1.165) is 50.6 Å². The lowest BCUT2D eigenvalue weighted by Gasteiger charge is -2.39. The molecule has 0 radical (unpaired) electrons. The zero-order valence-electron chi connectivity index (χ0n) is 61.7. The molecule has 29 heteroatoms. The first-order valence-corrected chi connectivity index (χ1v) is 37.4. The van der Waals surface area contributed by atoms with E-state index in [1.54, 1.807) is 58.0 Å². The highest BCUT2D eigenvalue weighted by Gasteiger charge is 2.51. The molecule has 8 rings (SSSR count). The number of rotatable bonds is 27. The summed E-state index contributed by atoms with van der Waals surface area (Å²) in [6, 6.07) is 4.82. The molecule has 5 bridgehead atoms. The molecule has 4 amide bonds. The minimum atomic E-state index is -2.08. The van der Waals surface area contributed by atoms with Gasteiger partial charge >= 0.3 is 29.8 Å². The highest BCUT2D eigenvalue weighted by Crippen LogP contribution is 2.51. The van der Waals surface area contributed by atoms with Gasteiger partial charge in [0.05, 0.1) is 41.5 Å². The summed E-state index contributed by atoms with van der Waals surface area (Å²) in [5.41, 5.74) is 1.06. The lowest BCUT2D eigenvalue weighted by Crippen LogP contribution is -2.50. The Bertz CT molecular complexity index is 3920. The number of alkyl carbamates (subject to hydrolysis) is 1. The Balaban J connectivity index is 1.20. The number of nitrogens with zero attached hydrogens (tertiary/aromatic N) is 3. The summed E-state index contributed by atoms with van der Waals surface area (Å²) in [6.45, 7) is 20.5. The quantitative estimate of drug-likeness (QED) is 0.00931. The number of aromatic hydroxyl groups is 2. The molecule has 1 saturated heterocycles. The summed E-state index contributed by atoms with van der Waals surface area (Å²) in [5, 5.41) is 46.9. The minimum Gasteiger partial charge on any atom is -0.507 e. The number of aliphatic hydroxyl groups is 1. The molecular weight excluding hydrogens is 1380 g/mol. The summed E-state index contributed by atoms with van der Waals surface area (Å²) in [7, 11) is 0.813. The molecule has 5 aliphatic rings. The van der Waals surface area contributed by atoms with Crippen LogP contribution in [0.5, 0.6) is 17.2 Å². The molecule has 0 aromatic heterocycles. The second kappa shape index (κ2) is 38.0. The average molecular weight is 1480 g/mol. The van der Waals surface area contributed by atoms with Gasteiger partial charge in [-0.15, -0.1) is 0 Å². The molecule has 1 spiro atoms. The zero-order chi connectivity index (χ0) is 76.3. The molecule has 3 aromatic carbocycles. The van der Waals surface area contributed by atoms with E-state index in [9.17, 15) is 58.0 Å².